The lowest BCUT2D eigenvalue weighted by Crippen LogP contribution is -2.36. The van der Waals surface area contributed by atoms with Gasteiger partial charge in [0.1, 0.15) is 24.1 Å². The third-order valence-electron chi connectivity index (χ3n) is 6.06. The largest absolute Gasteiger partial charge is 0.364 e. The molecule has 1 aliphatic heterocycles. The maximum Gasteiger partial charge on any atom is 0.124 e. The molecule has 158 valence electrons. The van der Waals surface area contributed by atoms with Gasteiger partial charge in [-0.3, -0.25) is 4.90 Å². The molecule has 7 nitrogen and oxygen atoms in total. The average molecular weight is 418 g/mol. The van der Waals surface area contributed by atoms with Gasteiger partial charge in [0, 0.05) is 37.0 Å². The lowest BCUT2D eigenvalue weighted by molar-refractivity contribution is 0.139. The molecule has 0 spiro atoms. The van der Waals surface area contributed by atoms with Crippen LogP contribution in [0.2, 0.25) is 0 Å². The zero-order valence-electron chi connectivity index (χ0n) is 17.2. The van der Waals surface area contributed by atoms with E-state index in [1.807, 2.05) is 18.5 Å². The quantitative estimate of drug-likeness (QED) is 0.474. The lowest BCUT2D eigenvalue weighted by Gasteiger charge is -2.36. The van der Waals surface area contributed by atoms with Crippen LogP contribution in [-0.4, -0.2) is 42.7 Å². The Morgan fingerprint density at radius 3 is 2.55 bits per heavy atom. The maximum atomic E-state index is 13.5. The highest BCUT2D eigenvalue weighted by Gasteiger charge is 2.28. The van der Waals surface area contributed by atoms with E-state index in [0.717, 1.165) is 54.3 Å². The Morgan fingerprint density at radius 1 is 1.06 bits per heavy atom. The number of hydrogen-bond acceptors (Lipinski definition) is 6. The minimum atomic E-state index is -0.264. The normalized spacial score (nSPS) is 16.5. The molecule has 0 aliphatic carbocycles. The number of likely N-dealkylation sites (tertiary alicyclic amines) is 1. The van der Waals surface area contributed by atoms with Gasteiger partial charge in [0.25, 0.3) is 0 Å². The van der Waals surface area contributed by atoms with Gasteiger partial charge in [0.05, 0.1) is 29.5 Å². The molecule has 4 aromatic rings. The van der Waals surface area contributed by atoms with Crippen LogP contribution in [0.5, 0.6) is 0 Å². The zero-order chi connectivity index (χ0) is 21.2. The Morgan fingerprint density at radius 2 is 1.87 bits per heavy atom. The molecule has 0 radical (unpaired) electrons. The van der Waals surface area contributed by atoms with Gasteiger partial charge in [-0.05, 0) is 50.1 Å². The Labute approximate surface area is 179 Å². The first-order valence-corrected chi connectivity index (χ1v) is 10.4. The molecule has 4 heterocycles. The summed E-state index contributed by atoms with van der Waals surface area (Å²) in [6, 6.07) is 10.8. The summed E-state index contributed by atoms with van der Waals surface area (Å²) in [5.74, 6) is -0.264. The standard InChI is InChI=1S/C23H23FN6O/c1-16(20-9-13-31-28-20)29-11-7-19(8-12-29)30-15-27-22(17-2-4-18(24)5-3-17)23(30)21-6-10-25-14-26-21/h2-6,9-10,13-16,19H,7-8,11-12H2,1H3/t16-/m1/s1. The van der Waals surface area contributed by atoms with Crippen LogP contribution < -0.4 is 0 Å². The highest BCUT2D eigenvalue weighted by Crippen LogP contribution is 2.36. The summed E-state index contributed by atoms with van der Waals surface area (Å²) >= 11 is 0. The number of nitrogens with zero attached hydrogens (tertiary/aromatic N) is 6. The number of benzene rings is 1. The molecule has 1 aliphatic rings. The highest BCUT2D eigenvalue weighted by atomic mass is 19.1. The van der Waals surface area contributed by atoms with Crippen molar-refractivity contribution in [3.05, 3.63) is 73.0 Å². The fraction of sp³-hybridized carbons (Fsp3) is 0.304. The minimum Gasteiger partial charge on any atom is -0.364 e. The second kappa shape index (κ2) is 8.39. The van der Waals surface area contributed by atoms with Crippen LogP contribution in [0.3, 0.4) is 0 Å². The Balaban J connectivity index is 1.44. The average Bonchev–Trinajstić information content (AvgIpc) is 3.50. The summed E-state index contributed by atoms with van der Waals surface area (Å²) in [4.78, 5) is 15.7. The summed E-state index contributed by atoms with van der Waals surface area (Å²) < 4.78 is 20.7. The minimum absolute atomic E-state index is 0.221. The summed E-state index contributed by atoms with van der Waals surface area (Å²) in [5, 5.41) is 4.09. The Kier molecular flexibility index (Phi) is 5.30. The molecule has 31 heavy (non-hydrogen) atoms. The molecule has 0 unspecified atom stereocenters. The molecule has 1 saturated heterocycles. The number of piperidine rings is 1. The number of hydrogen-bond donors (Lipinski definition) is 0. The number of imidazole rings is 1. The smallest absolute Gasteiger partial charge is 0.124 e. The monoisotopic (exact) mass is 418 g/mol. The third kappa shape index (κ3) is 3.86. The highest BCUT2D eigenvalue weighted by molar-refractivity contribution is 5.76. The van der Waals surface area contributed by atoms with E-state index in [2.05, 4.69) is 31.5 Å². The first-order chi connectivity index (χ1) is 15.2. The summed E-state index contributed by atoms with van der Waals surface area (Å²) in [5.41, 5.74) is 4.38. The van der Waals surface area contributed by atoms with Crippen LogP contribution in [0.1, 0.15) is 37.5 Å². The fourth-order valence-corrected chi connectivity index (χ4v) is 4.32. The summed E-state index contributed by atoms with van der Waals surface area (Å²) in [6.45, 7) is 4.06. The Hall–Kier alpha value is -3.39. The molecule has 0 saturated carbocycles. The van der Waals surface area contributed by atoms with Gasteiger partial charge in [-0.2, -0.15) is 0 Å². The van der Waals surface area contributed by atoms with Crippen molar-refractivity contribution < 1.29 is 8.91 Å². The van der Waals surface area contributed by atoms with Crippen LogP contribution in [0.15, 0.2) is 66.0 Å². The van der Waals surface area contributed by atoms with E-state index in [9.17, 15) is 4.39 Å². The van der Waals surface area contributed by atoms with Crippen LogP contribution in [0, 0.1) is 5.82 Å². The van der Waals surface area contributed by atoms with Gasteiger partial charge in [-0.25, -0.2) is 19.3 Å². The molecule has 1 atom stereocenters. The van der Waals surface area contributed by atoms with Crippen molar-refractivity contribution in [2.24, 2.45) is 0 Å². The molecule has 1 aromatic carbocycles. The predicted molar refractivity (Wildman–Crippen MR) is 113 cm³/mol. The van der Waals surface area contributed by atoms with E-state index >= 15 is 0 Å². The molecular weight excluding hydrogens is 395 g/mol. The second-order valence-electron chi connectivity index (χ2n) is 7.82. The van der Waals surface area contributed by atoms with Crippen molar-refractivity contribution in [2.45, 2.75) is 31.8 Å². The van der Waals surface area contributed by atoms with Crippen molar-refractivity contribution in [3.8, 4) is 22.6 Å². The SMILES string of the molecule is C[C@H](c1ccon1)N1CCC(n2cnc(-c3ccc(F)cc3)c2-c2ccncn2)CC1. The van der Waals surface area contributed by atoms with Gasteiger partial charge in [-0.15, -0.1) is 0 Å². The molecular formula is C23H23FN6O. The van der Waals surface area contributed by atoms with Gasteiger partial charge in [0.2, 0.25) is 0 Å². The van der Waals surface area contributed by atoms with Crippen LogP contribution in [0.4, 0.5) is 4.39 Å². The molecule has 0 amide bonds. The molecule has 8 heteroatoms. The van der Waals surface area contributed by atoms with E-state index in [1.165, 1.54) is 12.1 Å². The number of halogens is 1. The van der Waals surface area contributed by atoms with Gasteiger partial charge < -0.3 is 9.09 Å². The molecule has 5 rings (SSSR count). The summed E-state index contributed by atoms with van der Waals surface area (Å²) in [6.07, 6.45) is 8.76. The molecule has 1 fully saturated rings. The van der Waals surface area contributed by atoms with Crippen LogP contribution in [-0.2, 0) is 0 Å². The van der Waals surface area contributed by atoms with Crippen molar-refractivity contribution in [1.82, 2.24) is 29.6 Å². The van der Waals surface area contributed by atoms with Crippen LogP contribution in [0.25, 0.3) is 22.6 Å². The van der Waals surface area contributed by atoms with Gasteiger partial charge >= 0.3 is 0 Å². The zero-order valence-corrected chi connectivity index (χ0v) is 17.2. The van der Waals surface area contributed by atoms with Crippen molar-refractivity contribution >= 4 is 0 Å². The Bertz CT molecular complexity index is 1120. The summed E-state index contributed by atoms with van der Waals surface area (Å²) in [7, 11) is 0. The molecule has 0 bridgehead atoms. The third-order valence-corrected chi connectivity index (χ3v) is 6.06. The molecule has 0 N–H and O–H groups in total. The van der Waals surface area contributed by atoms with E-state index in [-0.39, 0.29) is 11.9 Å². The van der Waals surface area contributed by atoms with Crippen molar-refractivity contribution in [3.63, 3.8) is 0 Å². The lowest BCUT2D eigenvalue weighted by atomic mass is 10.0. The second-order valence-corrected chi connectivity index (χ2v) is 7.82. The topological polar surface area (TPSA) is 72.9 Å². The van der Waals surface area contributed by atoms with Crippen molar-refractivity contribution in [2.75, 3.05) is 13.1 Å². The van der Waals surface area contributed by atoms with Gasteiger partial charge in [0.15, 0.2) is 0 Å². The van der Waals surface area contributed by atoms with E-state index in [1.54, 1.807) is 30.9 Å². The van der Waals surface area contributed by atoms with Crippen LogP contribution >= 0.6 is 0 Å². The first-order valence-electron chi connectivity index (χ1n) is 10.4. The van der Waals surface area contributed by atoms with E-state index in [4.69, 9.17) is 9.51 Å². The number of aromatic nitrogens is 5. The molecule has 3 aromatic heterocycles. The number of rotatable bonds is 5. The fourth-order valence-electron chi connectivity index (χ4n) is 4.32. The maximum absolute atomic E-state index is 13.5. The van der Waals surface area contributed by atoms with E-state index in [0.29, 0.717) is 6.04 Å². The van der Waals surface area contributed by atoms with E-state index < -0.39 is 0 Å². The first kappa shape index (κ1) is 19.6. The van der Waals surface area contributed by atoms with Gasteiger partial charge in [-0.1, -0.05) is 5.16 Å². The predicted octanol–water partition coefficient (Wildman–Crippen LogP) is 4.53. The van der Waals surface area contributed by atoms with Crippen molar-refractivity contribution in [1.29, 1.82) is 0 Å².